The highest BCUT2D eigenvalue weighted by Gasteiger charge is 2.35. The van der Waals surface area contributed by atoms with E-state index in [4.69, 9.17) is 0 Å². The van der Waals surface area contributed by atoms with Gasteiger partial charge in [0.1, 0.15) is 0 Å². The first kappa shape index (κ1) is 16.2. The van der Waals surface area contributed by atoms with Gasteiger partial charge in [-0.3, -0.25) is 0 Å². The third-order valence-corrected chi connectivity index (χ3v) is 8.02. The van der Waals surface area contributed by atoms with Gasteiger partial charge in [-0.2, -0.15) is 11.8 Å². The number of hydrogen-bond acceptors (Lipinski definition) is 1. The van der Waals surface area contributed by atoms with Crippen LogP contribution in [0.4, 0.5) is 0 Å². The maximum absolute atomic E-state index is 2.43. The van der Waals surface area contributed by atoms with E-state index in [1.165, 1.54) is 44.9 Å². The van der Waals surface area contributed by atoms with Crippen LogP contribution in [0.15, 0.2) is 0 Å². The Hall–Kier alpha value is 0.350. The van der Waals surface area contributed by atoms with Crippen LogP contribution in [-0.2, 0) is 0 Å². The third-order valence-electron chi connectivity index (χ3n) is 6.84. The van der Waals surface area contributed by atoms with Crippen molar-refractivity contribution in [1.82, 2.24) is 0 Å². The van der Waals surface area contributed by atoms with E-state index in [9.17, 15) is 0 Å². The van der Waals surface area contributed by atoms with Crippen LogP contribution < -0.4 is 0 Å². The van der Waals surface area contributed by atoms with Crippen molar-refractivity contribution >= 4 is 11.8 Å². The minimum Gasteiger partial charge on any atom is -0.162 e. The Morgan fingerprint density at radius 1 is 0.857 bits per heavy atom. The van der Waals surface area contributed by atoms with Crippen molar-refractivity contribution in [2.75, 3.05) is 6.26 Å². The van der Waals surface area contributed by atoms with Gasteiger partial charge in [0.15, 0.2) is 0 Å². The average molecular weight is 309 g/mol. The van der Waals surface area contributed by atoms with E-state index in [0.29, 0.717) is 0 Å². The van der Waals surface area contributed by atoms with Crippen LogP contribution in [0.3, 0.4) is 0 Å². The zero-order valence-electron chi connectivity index (χ0n) is 14.4. The van der Waals surface area contributed by atoms with Gasteiger partial charge in [0, 0.05) is 5.25 Å². The molecular formula is C20H36S. The van der Waals surface area contributed by atoms with Crippen molar-refractivity contribution in [3.8, 4) is 0 Å². The second-order valence-corrected chi connectivity index (χ2v) is 9.71. The van der Waals surface area contributed by atoms with Crippen molar-refractivity contribution in [1.29, 1.82) is 0 Å². The minimum atomic E-state index is 0.985. The molecule has 122 valence electrons. The molecule has 1 heteroatoms. The summed E-state index contributed by atoms with van der Waals surface area (Å²) in [5.41, 5.74) is 0. The molecule has 3 saturated carbocycles. The second-order valence-electron chi connectivity index (χ2n) is 8.63. The highest BCUT2D eigenvalue weighted by molar-refractivity contribution is 7.99. The summed E-state index contributed by atoms with van der Waals surface area (Å²) >= 11 is 2.20. The maximum atomic E-state index is 2.43. The summed E-state index contributed by atoms with van der Waals surface area (Å²) in [6.45, 7) is 2.43. The largest absolute Gasteiger partial charge is 0.162 e. The van der Waals surface area contributed by atoms with Gasteiger partial charge < -0.3 is 0 Å². The highest BCUT2D eigenvalue weighted by atomic mass is 32.2. The fourth-order valence-electron chi connectivity index (χ4n) is 5.63. The number of hydrogen-bond donors (Lipinski definition) is 0. The molecule has 0 bridgehead atoms. The summed E-state index contributed by atoms with van der Waals surface area (Å²) in [5.74, 6) is 5.37. The maximum Gasteiger partial charge on any atom is 0.00752 e. The first-order valence-electron chi connectivity index (χ1n) is 9.77. The van der Waals surface area contributed by atoms with Crippen LogP contribution in [0, 0.1) is 29.6 Å². The van der Waals surface area contributed by atoms with Gasteiger partial charge in [-0.05, 0) is 74.4 Å². The van der Waals surface area contributed by atoms with Crippen molar-refractivity contribution in [3.05, 3.63) is 0 Å². The zero-order chi connectivity index (χ0) is 14.7. The molecule has 0 amide bonds. The van der Waals surface area contributed by atoms with Crippen molar-refractivity contribution in [2.24, 2.45) is 29.6 Å². The Bertz CT molecular complexity index is 301. The van der Waals surface area contributed by atoms with E-state index < -0.39 is 0 Å². The molecule has 0 aromatic carbocycles. The molecule has 3 aliphatic rings. The molecule has 3 fully saturated rings. The molecule has 0 aromatic heterocycles. The SMILES string of the molecule is CSC(CC1CCCCC1)C1CCC(CC2CC(C)C2)C1. The van der Waals surface area contributed by atoms with Crippen LogP contribution in [0.1, 0.15) is 84.0 Å². The molecule has 3 atom stereocenters. The first-order valence-corrected chi connectivity index (χ1v) is 11.1. The summed E-state index contributed by atoms with van der Waals surface area (Å²) < 4.78 is 0. The Morgan fingerprint density at radius 3 is 2.29 bits per heavy atom. The van der Waals surface area contributed by atoms with Crippen LogP contribution in [-0.4, -0.2) is 11.5 Å². The summed E-state index contributed by atoms with van der Waals surface area (Å²) in [4.78, 5) is 0. The minimum absolute atomic E-state index is 0.985. The quantitative estimate of drug-likeness (QED) is 0.536. The number of thioether (sulfide) groups is 1. The smallest absolute Gasteiger partial charge is 0.00752 e. The zero-order valence-corrected chi connectivity index (χ0v) is 15.2. The lowest BCUT2D eigenvalue weighted by Crippen LogP contribution is -2.23. The topological polar surface area (TPSA) is 0 Å². The normalized spacial score (nSPS) is 39.1. The van der Waals surface area contributed by atoms with Crippen molar-refractivity contribution < 1.29 is 0 Å². The van der Waals surface area contributed by atoms with E-state index in [2.05, 4.69) is 24.9 Å². The predicted octanol–water partition coefficient (Wildman–Crippen LogP) is 6.54. The van der Waals surface area contributed by atoms with E-state index in [0.717, 1.165) is 34.8 Å². The number of rotatable bonds is 6. The van der Waals surface area contributed by atoms with Gasteiger partial charge in [-0.1, -0.05) is 45.4 Å². The summed E-state index contributed by atoms with van der Waals surface area (Å²) in [7, 11) is 0. The van der Waals surface area contributed by atoms with Gasteiger partial charge in [-0.25, -0.2) is 0 Å². The molecule has 0 spiro atoms. The molecule has 3 aliphatic carbocycles. The lowest BCUT2D eigenvalue weighted by Gasteiger charge is -2.34. The fraction of sp³-hybridized carbons (Fsp3) is 1.00. The van der Waals surface area contributed by atoms with Gasteiger partial charge in [0.2, 0.25) is 0 Å². The van der Waals surface area contributed by atoms with Gasteiger partial charge >= 0.3 is 0 Å². The van der Waals surface area contributed by atoms with Gasteiger partial charge in [0.25, 0.3) is 0 Å². The Kier molecular flexibility index (Phi) is 5.99. The van der Waals surface area contributed by atoms with Crippen molar-refractivity contribution in [3.63, 3.8) is 0 Å². The first-order chi connectivity index (χ1) is 10.2. The molecule has 3 unspecified atom stereocenters. The summed E-state index contributed by atoms with van der Waals surface area (Å²) in [6, 6.07) is 0. The molecule has 0 radical (unpaired) electrons. The van der Waals surface area contributed by atoms with E-state index >= 15 is 0 Å². The van der Waals surface area contributed by atoms with Gasteiger partial charge in [-0.15, -0.1) is 0 Å². The molecule has 0 N–H and O–H groups in total. The Morgan fingerprint density at radius 2 is 1.62 bits per heavy atom. The third kappa shape index (κ3) is 4.43. The van der Waals surface area contributed by atoms with Crippen molar-refractivity contribution in [2.45, 2.75) is 89.2 Å². The van der Waals surface area contributed by atoms with E-state index in [1.54, 1.807) is 32.1 Å². The second kappa shape index (κ2) is 7.75. The molecule has 0 aliphatic heterocycles. The van der Waals surface area contributed by atoms with Gasteiger partial charge in [0.05, 0.1) is 0 Å². The molecule has 3 rings (SSSR count). The van der Waals surface area contributed by atoms with E-state index in [-0.39, 0.29) is 0 Å². The predicted molar refractivity (Wildman–Crippen MR) is 95.8 cm³/mol. The lowest BCUT2D eigenvalue weighted by atomic mass is 9.71. The van der Waals surface area contributed by atoms with Crippen LogP contribution in [0.25, 0.3) is 0 Å². The summed E-state index contributed by atoms with van der Waals surface area (Å²) in [6.07, 6.45) is 20.8. The van der Waals surface area contributed by atoms with E-state index in [1.807, 2.05) is 0 Å². The molecule has 21 heavy (non-hydrogen) atoms. The van der Waals surface area contributed by atoms with Crippen LogP contribution in [0.2, 0.25) is 0 Å². The molecule has 0 aromatic rings. The highest BCUT2D eigenvalue weighted by Crippen LogP contribution is 2.46. The Labute approximate surface area is 137 Å². The average Bonchev–Trinajstić information content (AvgIpc) is 2.93. The molecule has 0 saturated heterocycles. The van der Waals surface area contributed by atoms with Crippen LogP contribution >= 0.6 is 11.8 Å². The summed E-state index contributed by atoms with van der Waals surface area (Å²) in [5, 5.41) is 0.985. The standard InChI is InChI=1S/C20H36S/c1-15-10-18(11-15)12-17-8-9-19(13-17)20(21-2)14-16-6-4-3-5-7-16/h15-20H,3-14H2,1-2H3. The van der Waals surface area contributed by atoms with Crippen LogP contribution in [0.5, 0.6) is 0 Å². The Balaban J connectivity index is 1.42. The fourth-order valence-corrected chi connectivity index (χ4v) is 6.73. The molecule has 0 nitrogen and oxygen atoms in total. The lowest BCUT2D eigenvalue weighted by molar-refractivity contribution is 0.172. The molecular weight excluding hydrogens is 272 g/mol. The monoisotopic (exact) mass is 308 g/mol. The molecule has 0 heterocycles.